The summed E-state index contributed by atoms with van der Waals surface area (Å²) in [6.45, 7) is 1.33. The van der Waals surface area contributed by atoms with E-state index in [1.807, 2.05) is 0 Å². The second-order valence-corrected chi connectivity index (χ2v) is 11.0. The minimum absolute atomic E-state index is 0.112. The smallest absolute Gasteiger partial charge is 0.494 e. The molecular formula is C29H33ClF6N2O4. The molecule has 2 aromatic rings. The summed E-state index contributed by atoms with van der Waals surface area (Å²) < 4.78 is 90.2. The van der Waals surface area contributed by atoms with E-state index in [9.17, 15) is 35.9 Å². The minimum atomic E-state index is -5.09. The van der Waals surface area contributed by atoms with Gasteiger partial charge < -0.3 is 19.3 Å². The molecule has 0 N–H and O–H groups in total. The van der Waals surface area contributed by atoms with Gasteiger partial charge in [-0.15, -0.1) is 13.2 Å². The van der Waals surface area contributed by atoms with Gasteiger partial charge in [-0.25, -0.2) is 0 Å². The Kier molecular flexibility index (Phi) is 10.7. The minimum Gasteiger partial charge on any atom is -0.494 e. The lowest BCUT2D eigenvalue weighted by atomic mass is 9.79. The van der Waals surface area contributed by atoms with Gasteiger partial charge in [-0.2, -0.15) is 13.2 Å². The van der Waals surface area contributed by atoms with Gasteiger partial charge in [-0.1, -0.05) is 30.2 Å². The largest absolute Gasteiger partial charge is 0.573 e. The highest BCUT2D eigenvalue weighted by molar-refractivity contribution is 6.34. The van der Waals surface area contributed by atoms with Gasteiger partial charge in [0.2, 0.25) is 5.91 Å². The maximum atomic E-state index is 14.3. The maximum Gasteiger partial charge on any atom is 0.573 e. The molecule has 2 aromatic carbocycles. The lowest BCUT2D eigenvalue weighted by molar-refractivity contribution is -0.274. The second-order valence-electron chi connectivity index (χ2n) is 10.6. The molecular weight excluding hydrogens is 590 g/mol. The number of unbranched alkanes of at least 4 members (excludes halogenated alkanes) is 1. The Bertz CT molecular complexity index is 1250. The zero-order valence-electron chi connectivity index (χ0n) is 23.4. The number of piperidine rings is 1. The fourth-order valence-corrected chi connectivity index (χ4v) is 5.13. The average Bonchev–Trinajstić information content (AvgIpc) is 2.90. The zero-order valence-corrected chi connectivity index (χ0v) is 24.2. The first kappa shape index (κ1) is 33.4. The normalized spacial score (nSPS) is 16.1. The zero-order chi connectivity index (χ0) is 31.3. The van der Waals surface area contributed by atoms with E-state index < -0.39 is 35.2 Å². The molecule has 1 aliphatic rings. The molecule has 0 aromatic heterocycles. The van der Waals surface area contributed by atoms with E-state index in [0.717, 1.165) is 42.4 Å². The Morgan fingerprint density at radius 3 is 2.21 bits per heavy atom. The monoisotopic (exact) mass is 622 g/mol. The van der Waals surface area contributed by atoms with Crippen LogP contribution in [0, 0.1) is 5.92 Å². The van der Waals surface area contributed by atoms with E-state index >= 15 is 0 Å². The van der Waals surface area contributed by atoms with Gasteiger partial charge in [-0.05, 0) is 74.4 Å². The molecule has 1 saturated heterocycles. The molecule has 0 aliphatic carbocycles. The summed E-state index contributed by atoms with van der Waals surface area (Å²) >= 11 is 6.20. The molecule has 232 valence electrons. The number of benzene rings is 2. The van der Waals surface area contributed by atoms with Crippen molar-refractivity contribution in [2.24, 2.45) is 5.92 Å². The van der Waals surface area contributed by atoms with Crippen molar-refractivity contribution in [2.45, 2.75) is 57.0 Å². The van der Waals surface area contributed by atoms with E-state index in [1.165, 1.54) is 4.90 Å². The fourth-order valence-electron chi connectivity index (χ4n) is 4.88. The summed E-state index contributed by atoms with van der Waals surface area (Å²) in [7, 11) is 3.26. The van der Waals surface area contributed by atoms with Gasteiger partial charge in [-0.3, -0.25) is 9.59 Å². The molecule has 3 rings (SSSR count). The van der Waals surface area contributed by atoms with Crippen molar-refractivity contribution in [3.05, 3.63) is 58.6 Å². The van der Waals surface area contributed by atoms with Crippen LogP contribution in [-0.4, -0.2) is 67.9 Å². The van der Waals surface area contributed by atoms with Crippen LogP contribution in [0.4, 0.5) is 26.3 Å². The van der Waals surface area contributed by atoms with Gasteiger partial charge in [0.05, 0.1) is 17.2 Å². The summed E-state index contributed by atoms with van der Waals surface area (Å²) in [5.41, 5.74) is -3.29. The number of rotatable bonds is 10. The first-order valence-corrected chi connectivity index (χ1v) is 13.8. The number of carbonyl (C=O) groups is 2. The molecule has 2 amide bonds. The highest BCUT2D eigenvalue weighted by Crippen LogP contribution is 2.44. The first-order valence-electron chi connectivity index (χ1n) is 13.4. The van der Waals surface area contributed by atoms with Crippen LogP contribution in [0.1, 0.15) is 54.9 Å². The molecule has 0 unspecified atom stereocenters. The molecule has 6 nitrogen and oxygen atoms in total. The fraction of sp³-hybridized carbons (Fsp3) is 0.517. The highest BCUT2D eigenvalue weighted by Gasteiger charge is 2.59. The van der Waals surface area contributed by atoms with Crippen molar-refractivity contribution in [3.8, 4) is 11.5 Å². The Morgan fingerprint density at radius 1 is 0.976 bits per heavy atom. The number of halogens is 7. The van der Waals surface area contributed by atoms with E-state index in [2.05, 4.69) is 4.74 Å². The SMILES string of the molecule is CN(C)C(=O)c1ccc(OCCCCC2CCN(C(=O)[C@](C)(c3cccc(OC(F)(F)F)c3)C(F)(F)F)CC2)cc1Cl. The van der Waals surface area contributed by atoms with Crippen LogP contribution in [0.15, 0.2) is 42.5 Å². The number of nitrogens with zero attached hydrogens (tertiary/aromatic N) is 2. The molecule has 1 atom stereocenters. The number of amides is 2. The molecule has 1 aliphatic heterocycles. The standard InChI is InChI=1S/C29H33ClF6N2O4/c1-27(28(31,32)33,20-8-6-9-22(17-20)42-29(34,35)36)26(40)38-14-12-19(13-15-38)7-4-5-16-41-21-10-11-23(24(30)18-21)25(39)37(2)3/h6,8-11,17-19H,4-5,7,12-16H2,1-3H3/t27-/m0/s1. The van der Waals surface area contributed by atoms with Gasteiger partial charge in [0.15, 0.2) is 5.41 Å². The molecule has 42 heavy (non-hydrogen) atoms. The van der Waals surface area contributed by atoms with E-state index in [4.69, 9.17) is 16.3 Å². The Morgan fingerprint density at radius 2 is 1.64 bits per heavy atom. The Labute approximate surface area is 245 Å². The van der Waals surface area contributed by atoms with Crippen molar-refractivity contribution in [3.63, 3.8) is 0 Å². The molecule has 0 spiro atoms. The number of alkyl halides is 6. The molecule has 1 fully saturated rings. The molecule has 1 heterocycles. The Balaban J connectivity index is 1.51. The predicted octanol–water partition coefficient (Wildman–Crippen LogP) is 7.25. The predicted molar refractivity (Wildman–Crippen MR) is 145 cm³/mol. The number of hydrogen-bond acceptors (Lipinski definition) is 4. The topological polar surface area (TPSA) is 59.1 Å². The van der Waals surface area contributed by atoms with Crippen molar-refractivity contribution in [1.82, 2.24) is 9.80 Å². The third-order valence-corrected chi connectivity index (χ3v) is 7.71. The maximum absolute atomic E-state index is 14.3. The van der Waals surface area contributed by atoms with Gasteiger partial charge in [0.25, 0.3) is 5.91 Å². The molecule has 0 radical (unpaired) electrons. The number of likely N-dealkylation sites (tertiary alicyclic amines) is 1. The number of ether oxygens (including phenoxy) is 2. The quantitative estimate of drug-likeness (QED) is 0.207. The number of hydrogen-bond donors (Lipinski definition) is 0. The van der Waals surface area contributed by atoms with Crippen LogP contribution in [0.25, 0.3) is 0 Å². The van der Waals surface area contributed by atoms with E-state index in [1.54, 1.807) is 32.3 Å². The molecule has 0 bridgehead atoms. The molecule has 0 saturated carbocycles. The second kappa shape index (κ2) is 13.4. The van der Waals surface area contributed by atoms with Gasteiger partial charge in [0.1, 0.15) is 11.5 Å². The summed E-state index contributed by atoms with van der Waals surface area (Å²) in [4.78, 5) is 27.9. The molecule has 13 heteroatoms. The highest BCUT2D eigenvalue weighted by atomic mass is 35.5. The van der Waals surface area contributed by atoms with Gasteiger partial charge >= 0.3 is 12.5 Å². The van der Waals surface area contributed by atoms with Crippen LogP contribution in [0.3, 0.4) is 0 Å². The third kappa shape index (κ3) is 8.23. The van der Waals surface area contributed by atoms with Crippen LogP contribution >= 0.6 is 11.6 Å². The lowest BCUT2D eigenvalue weighted by Crippen LogP contribution is -2.55. The van der Waals surface area contributed by atoms with Crippen molar-refractivity contribution < 1.29 is 45.4 Å². The first-order chi connectivity index (χ1) is 19.5. The van der Waals surface area contributed by atoms with Crippen molar-refractivity contribution in [1.29, 1.82) is 0 Å². The van der Waals surface area contributed by atoms with Crippen LogP contribution in [-0.2, 0) is 10.2 Å². The summed E-state index contributed by atoms with van der Waals surface area (Å²) in [6.07, 6.45) is -6.80. The third-order valence-electron chi connectivity index (χ3n) is 7.39. The summed E-state index contributed by atoms with van der Waals surface area (Å²) in [5, 5.41) is 0.288. The number of carbonyl (C=O) groups excluding carboxylic acids is 2. The van der Waals surface area contributed by atoms with Crippen LogP contribution in [0.2, 0.25) is 5.02 Å². The van der Waals surface area contributed by atoms with Crippen molar-refractivity contribution >= 4 is 23.4 Å². The van der Waals surface area contributed by atoms with E-state index in [0.29, 0.717) is 43.8 Å². The summed E-state index contributed by atoms with van der Waals surface area (Å²) in [5.74, 6) is -1.51. The van der Waals surface area contributed by atoms with Crippen LogP contribution in [0.5, 0.6) is 11.5 Å². The Hall–Kier alpha value is -3.15. The summed E-state index contributed by atoms with van der Waals surface area (Å²) in [6, 6.07) is 8.33. The average molecular weight is 623 g/mol. The van der Waals surface area contributed by atoms with Crippen LogP contribution < -0.4 is 9.47 Å². The van der Waals surface area contributed by atoms with Gasteiger partial charge in [0, 0.05) is 27.2 Å². The van der Waals surface area contributed by atoms with E-state index in [-0.39, 0.29) is 29.9 Å². The van der Waals surface area contributed by atoms with Crippen molar-refractivity contribution in [2.75, 3.05) is 33.8 Å². The lowest BCUT2D eigenvalue weighted by Gasteiger charge is -2.39.